The van der Waals surface area contributed by atoms with Crippen LogP contribution < -0.4 is 0 Å². The minimum Gasteiger partial charge on any atom is -0.365 e. The summed E-state index contributed by atoms with van der Waals surface area (Å²) < 4.78 is 0. The van der Waals surface area contributed by atoms with Crippen molar-refractivity contribution < 1.29 is 0 Å². The molecule has 0 saturated heterocycles. The maximum Gasteiger partial charge on any atom is 0.0976 e. The van der Waals surface area contributed by atoms with Crippen LogP contribution >= 0.6 is 11.8 Å². The number of thioether (sulfide) groups is 1. The van der Waals surface area contributed by atoms with E-state index >= 15 is 0 Å². The number of hydrogen-bond donors (Lipinski definition) is 0. The second-order valence-corrected chi connectivity index (χ2v) is 7.49. The quantitative estimate of drug-likeness (QED) is 0.761. The summed E-state index contributed by atoms with van der Waals surface area (Å²) in [4.78, 5) is 4.64. The van der Waals surface area contributed by atoms with E-state index in [9.17, 15) is 0 Å². The van der Waals surface area contributed by atoms with Gasteiger partial charge in [0, 0.05) is 18.1 Å². The fraction of sp³-hybridized carbons (Fsp3) is 0.444. The molecule has 2 aliphatic rings. The molecule has 0 radical (unpaired) electrons. The predicted molar refractivity (Wildman–Crippen MR) is 94.8 cm³/mol. The van der Waals surface area contributed by atoms with Crippen molar-refractivity contribution in [3.05, 3.63) is 61.1 Å². The molecule has 0 spiro atoms. The standard InChI is InChI=1S/C18H26N2S/c1-15(20-13-9-7-11-17(20)21-5)14-19-12-8-6-10-16(19)18(2,3)4/h6-13,16-17H,1,14H2,2-5H3. The number of rotatable bonds is 4. The lowest BCUT2D eigenvalue weighted by atomic mass is 9.84. The zero-order valence-electron chi connectivity index (χ0n) is 13.5. The molecule has 0 fully saturated rings. The first-order valence-corrected chi connectivity index (χ1v) is 8.67. The van der Waals surface area contributed by atoms with Gasteiger partial charge >= 0.3 is 0 Å². The van der Waals surface area contributed by atoms with Gasteiger partial charge in [0.25, 0.3) is 0 Å². The number of hydrogen-bond acceptors (Lipinski definition) is 3. The lowest BCUT2D eigenvalue weighted by Crippen LogP contribution is -2.43. The van der Waals surface area contributed by atoms with Crippen molar-refractivity contribution in [2.24, 2.45) is 5.41 Å². The van der Waals surface area contributed by atoms with Crippen molar-refractivity contribution >= 4 is 11.8 Å². The van der Waals surface area contributed by atoms with Crippen LogP contribution in [0.15, 0.2) is 61.1 Å². The van der Waals surface area contributed by atoms with E-state index in [1.807, 2.05) is 11.8 Å². The van der Waals surface area contributed by atoms with Crippen LogP contribution in [0.4, 0.5) is 0 Å². The van der Waals surface area contributed by atoms with Crippen LogP contribution in [0.3, 0.4) is 0 Å². The Balaban J connectivity index is 2.08. The van der Waals surface area contributed by atoms with Gasteiger partial charge in [-0.25, -0.2) is 0 Å². The third-order valence-electron chi connectivity index (χ3n) is 3.81. The fourth-order valence-electron chi connectivity index (χ4n) is 2.72. The smallest absolute Gasteiger partial charge is 0.0976 e. The molecule has 0 aromatic rings. The molecular formula is C18H26N2S. The zero-order valence-corrected chi connectivity index (χ0v) is 14.3. The Bertz CT molecular complexity index is 494. The van der Waals surface area contributed by atoms with Crippen LogP contribution in [0.5, 0.6) is 0 Å². The average molecular weight is 302 g/mol. The first-order chi connectivity index (χ1) is 9.93. The van der Waals surface area contributed by atoms with Gasteiger partial charge in [0.1, 0.15) is 0 Å². The Morgan fingerprint density at radius 3 is 2.43 bits per heavy atom. The molecule has 2 heterocycles. The Labute approximate surface area is 133 Å². The van der Waals surface area contributed by atoms with Gasteiger partial charge in [-0.05, 0) is 23.8 Å². The lowest BCUT2D eigenvalue weighted by Gasteiger charge is -2.41. The molecule has 21 heavy (non-hydrogen) atoms. The van der Waals surface area contributed by atoms with E-state index in [0.717, 1.165) is 12.2 Å². The van der Waals surface area contributed by atoms with E-state index in [4.69, 9.17) is 0 Å². The summed E-state index contributed by atoms with van der Waals surface area (Å²) in [6.07, 6.45) is 19.4. The van der Waals surface area contributed by atoms with E-state index in [1.54, 1.807) is 0 Å². The van der Waals surface area contributed by atoms with Gasteiger partial charge in [0.2, 0.25) is 0 Å². The fourth-order valence-corrected chi connectivity index (χ4v) is 3.41. The summed E-state index contributed by atoms with van der Waals surface area (Å²) in [6.45, 7) is 12.0. The van der Waals surface area contributed by atoms with Crippen LogP contribution in [0, 0.1) is 5.41 Å². The topological polar surface area (TPSA) is 6.48 Å². The van der Waals surface area contributed by atoms with Gasteiger partial charge in [-0.15, -0.1) is 11.8 Å². The van der Waals surface area contributed by atoms with Crippen molar-refractivity contribution in [2.45, 2.75) is 32.2 Å². The van der Waals surface area contributed by atoms with Gasteiger partial charge in [-0.1, -0.05) is 51.7 Å². The third-order valence-corrected chi connectivity index (χ3v) is 4.67. The van der Waals surface area contributed by atoms with E-state index in [1.165, 1.54) is 0 Å². The van der Waals surface area contributed by atoms with E-state index in [0.29, 0.717) is 11.4 Å². The molecule has 2 rings (SSSR count). The normalized spacial score (nSPS) is 24.8. The minimum absolute atomic E-state index is 0.206. The molecule has 2 atom stereocenters. The Kier molecular flexibility index (Phi) is 5.04. The largest absolute Gasteiger partial charge is 0.365 e. The number of nitrogens with zero attached hydrogens (tertiary/aromatic N) is 2. The van der Waals surface area contributed by atoms with E-state index in [-0.39, 0.29) is 5.41 Å². The maximum atomic E-state index is 4.31. The highest BCUT2D eigenvalue weighted by atomic mass is 32.2. The van der Waals surface area contributed by atoms with Crippen molar-refractivity contribution in [3.63, 3.8) is 0 Å². The summed E-state index contributed by atoms with van der Waals surface area (Å²) in [5, 5.41) is 0.347. The highest BCUT2D eigenvalue weighted by Crippen LogP contribution is 2.30. The van der Waals surface area contributed by atoms with Gasteiger partial charge in [-0.2, -0.15) is 0 Å². The molecule has 0 saturated carbocycles. The Morgan fingerprint density at radius 2 is 1.76 bits per heavy atom. The van der Waals surface area contributed by atoms with Crippen molar-refractivity contribution in [1.29, 1.82) is 0 Å². The highest BCUT2D eigenvalue weighted by Gasteiger charge is 2.29. The minimum atomic E-state index is 0.206. The average Bonchev–Trinajstić information content (AvgIpc) is 2.46. The Hall–Kier alpha value is -1.35. The first-order valence-electron chi connectivity index (χ1n) is 7.38. The van der Waals surface area contributed by atoms with Gasteiger partial charge in [0.05, 0.1) is 18.0 Å². The second kappa shape index (κ2) is 6.61. The summed E-state index contributed by atoms with van der Waals surface area (Å²) in [5.41, 5.74) is 1.34. The summed E-state index contributed by atoms with van der Waals surface area (Å²) in [7, 11) is 0. The molecule has 2 unspecified atom stereocenters. The van der Waals surface area contributed by atoms with Crippen LogP contribution in [-0.4, -0.2) is 34.0 Å². The molecule has 0 aromatic heterocycles. The molecule has 0 aromatic carbocycles. The maximum absolute atomic E-state index is 4.31. The van der Waals surface area contributed by atoms with Crippen molar-refractivity contribution in [1.82, 2.24) is 9.80 Å². The predicted octanol–water partition coefficient (Wildman–Crippen LogP) is 4.37. The van der Waals surface area contributed by atoms with Crippen molar-refractivity contribution in [3.8, 4) is 0 Å². The molecular weight excluding hydrogens is 276 g/mol. The Morgan fingerprint density at radius 1 is 1.10 bits per heavy atom. The van der Waals surface area contributed by atoms with Gasteiger partial charge in [0.15, 0.2) is 0 Å². The van der Waals surface area contributed by atoms with Crippen LogP contribution in [-0.2, 0) is 0 Å². The SMILES string of the molecule is C=C(CN1C=CC=CC1C(C)(C)C)N1C=CC=CC1SC. The zero-order chi connectivity index (χ0) is 15.5. The van der Waals surface area contributed by atoms with Crippen LogP contribution in [0.25, 0.3) is 0 Å². The molecule has 2 nitrogen and oxygen atoms in total. The van der Waals surface area contributed by atoms with Gasteiger partial charge < -0.3 is 9.80 Å². The number of allylic oxidation sites excluding steroid dienone is 4. The molecule has 0 amide bonds. The monoisotopic (exact) mass is 302 g/mol. The molecule has 0 bridgehead atoms. The second-order valence-electron chi connectivity index (χ2n) is 6.54. The molecule has 2 aliphatic heterocycles. The van der Waals surface area contributed by atoms with E-state index in [2.05, 4.69) is 92.3 Å². The lowest BCUT2D eigenvalue weighted by molar-refractivity contribution is 0.186. The summed E-state index contributed by atoms with van der Waals surface area (Å²) in [5.74, 6) is 0. The first kappa shape index (κ1) is 16.0. The van der Waals surface area contributed by atoms with Crippen LogP contribution in [0.2, 0.25) is 0 Å². The van der Waals surface area contributed by atoms with Gasteiger partial charge in [-0.3, -0.25) is 0 Å². The van der Waals surface area contributed by atoms with E-state index < -0.39 is 0 Å². The molecule has 0 N–H and O–H groups in total. The summed E-state index contributed by atoms with van der Waals surface area (Å²) in [6, 6.07) is 0.399. The van der Waals surface area contributed by atoms with Crippen LogP contribution in [0.1, 0.15) is 20.8 Å². The third kappa shape index (κ3) is 3.85. The molecule has 3 heteroatoms. The highest BCUT2D eigenvalue weighted by molar-refractivity contribution is 7.99. The van der Waals surface area contributed by atoms with Crippen molar-refractivity contribution in [2.75, 3.05) is 12.8 Å². The molecule has 0 aliphatic carbocycles. The summed E-state index contributed by atoms with van der Waals surface area (Å²) >= 11 is 1.83. The molecule has 114 valence electrons.